The predicted octanol–water partition coefficient (Wildman–Crippen LogP) is 3.05. The zero-order valence-electron chi connectivity index (χ0n) is 15.4. The van der Waals surface area contributed by atoms with E-state index in [0.717, 1.165) is 10.2 Å². The van der Waals surface area contributed by atoms with E-state index in [4.69, 9.17) is 4.74 Å². The third kappa shape index (κ3) is 5.33. The first kappa shape index (κ1) is 20.8. The lowest BCUT2D eigenvalue weighted by Crippen LogP contribution is -2.45. The molecular weight excluding hydrogens is 444 g/mol. The van der Waals surface area contributed by atoms with Crippen LogP contribution in [0.5, 0.6) is 5.75 Å². The second-order valence-electron chi connectivity index (χ2n) is 6.61. The van der Waals surface area contributed by atoms with Crippen LogP contribution >= 0.6 is 15.9 Å². The van der Waals surface area contributed by atoms with Crippen molar-refractivity contribution in [3.8, 4) is 5.75 Å². The quantitative estimate of drug-likeness (QED) is 0.636. The lowest BCUT2D eigenvalue weighted by molar-refractivity contribution is -0.126. The number of rotatable bonds is 7. The molecule has 0 aliphatic carbocycles. The lowest BCUT2D eigenvalue weighted by atomic mass is 9.99. The normalized spacial score (nSPS) is 17.8. The molecule has 3 rings (SSSR count). The number of carbonyl (C=O) groups excluding carboxylic acids is 1. The van der Waals surface area contributed by atoms with Crippen molar-refractivity contribution in [2.45, 2.75) is 17.7 Å². The van der Waals surface area contributed by atoms with Crippen molar-refractivity contribution < 1.29 is 17.9 Å². The third-order valence-corrected chi connectivity index (χ3v) is 7.03. The second-order valence-corrected chi connectivity index (χ2v) is 9.46. The van der Waals surface area contributed by atoms with Gasteiger partial charge in [0.2, 0.25) is 15.9 Å². The highest BCUT2D eigenvalue weighted by Crippen LogP contribution is 2.25. The van der Waals surface area contributed by atoms with Gasteiger partial charge in [-0.15, -0.1) is 0 Å². The standard InChI is InChI=1S/C20H23BrN2O4S/c21-17-8-10-19(11-9-17)28(25,26)23-13-4-5-16(15-23)20(24)22-12-14-27-18-6-2-1-3-7-18/h1-3,6-11,16H,4-5,12-15H2,(H,22,24). The summed E-state index contributed by atoms with van der Waals surface area (Å²) in [5, 5.41) is 2.85. The fraction of sp³-hybridized carbons (Fsp3) is 0.350. The number of nitrogens with one attached hydrogen (secondary N) is 1. The van der Waals surface area contributed by atoms with Crippen LogP contribution in [0.25, 0.3) is 0 Å². The van der Waals surface area contributed by atoms with Gasteiger partial charge in [-0.25, -0.2) is 8.42 Å². The van der Waals surface area contributed by atoms with E-state index < -0.39 is 10.0 Å². The Balaban J connectivity index is 1.52. The van der Waals surface area contributed by atoms with Crippen molar-refractivity contribution in [3.05, 3.63) is 59.1 Å². The summed E-state index contributed by atoms with van der Waals surface area (Å²) in [7, 11) is -3.60. The Hall–Kier alpha value is -1.90. The number of hydrogen-bond acceptors (Lipinski definition) is 4. The smallest absolute Gasteiger partial charge is 0.243 e. The highest BCUT2D eigenvalue weighted by atomic mass is 79.9. The molecule has 1 aliphatic rings. The van der Waals surface area contributed by atoms with Gasteiger partial charge < -0.3 is 10.1 Å². The molecule has 0 saturated carbocycles. The summed E-state index contributed by atoms with van der Waals surface area (Å²) in [5.41, 5.74) is 0. The van der Waals surface area contributed by atoms with E-state index in [1.165, 1.54) is 4.31 Å². The molecule has 0 spiro atoms. The fourth-order valence-electron chi connectivity index (χ4n) is 3.13. The molecular formula is C20H23BrN2O4S. The van der Waals surface area contributed by atoms with Crippen molar-refractivity contribution >= 4 is 31.9 Å². The number of carbonyl (C=O) groups is 1. The van der Waals surface area contributed by atoms with Gasteiger partial charge in [0.1, 0.15) is 12.4 Å². The maximum absolute atomic E-state index is 12.8. The summed E-state index contributed by atoms with van der Waals surface area (Å²) in [6.45, 7) is 1.37. The average Bonchev–Trinajstić information content (AvgIpc) is 2.72. The number of sulfonamides is 1. The molecule has 0 aromatic heterocycles. The summed E-state index contributed by atoms with van der Waals surface area (Å²) < 4.78 is 33.5. The number of amides is 1. The van der Waals surface area contributed by atoms with E-state index in [9.17, 15) is 13.2 Å². The first-order chi connectivity index (χ1) is 13.5. The monoisotopic (exact) mass is 466 g/mol. The maximum atomic E-state index is 12.8. The van der Waals surface area contributed by atoms with E-state index in [2.05, 4.69) is 21.2 Å². The van der Waals surface area contributed by atoms with Gasteiger partial charge >= 0.3 is 0 Å². The number of benzene rings is 2. The van der Waals surface area contributed by atoms with Crippen LogP contribution in [0.15, 0.2) is 64.0 Å². The topological polar surface area (TPSA) is 75.7 Å². The van der Waals surface area contributed by atoms with Gasteiger partial charge in [0.25, 0.3) is 0 Å². The van der Waals surface area contributed by atoms with Crippen molar-refractivity contribution in [2.24, 2.45) is 5.92 Å². The molecule has 1 heterocycles. The minimum Gasteiger partial charge on any atom is -0.492 e. The molecule has 1 amide bonds. The number of nitrogens with zero attached hydrogens (tertiary/aromatic N) is 1. The number of hydrogen-bond donors (Lipinski definition) is 1. The molecule has 0 bridgehead atoms. The highest BCUT2D eigenvalue weighted by molar-refractivity contribution is 9.10. The summed E-state index contributed by atoms with van der Waals surface area (Å²) in [6.07, 6.45) is 1.34. The molecule has 1 atom stereocenters. The van der Waals surface area contributed by atoms with Crippen LogP contribution < -0.4 is 10.1 Å². The SMILES string of the molecule is O=C(NCCOc1ccccc1)C1CCCN(S(=O)(=O)c2ccc(Br)cc2)C1. The van der Waals surface area contributed by atoms with Crippen LogP contribution in [0, 0.1) is 5.92 Å². The van der Waals surface area contributed by atoms with Crippen LogP contribution in [0.2, 0.25) is 0 Å². The average molecular weight is 467 g/mol. The lowest BCUT2D eigenvalue weighted by Gasteiger charge is -2.31. The minimum absolute atomic E-state index is 0.132. The van der Waals surface area contributed by atoms with Gasteiger partial charge in [0.05, 0.1) is 17.4 Å². The van der Waals surface area contributed by atoms with Crippen molar-refractivity contribution in [1.82, 2.24) is 9.62 Å². The highest BCUT2D eigenvalue weighted by Gasteiger charge is 2.33. The summed E-state index contributed by atoms with van der Waals surface area (Å²) in [4.78, 5) is 12.7. The van der Waals surface area contributed by atoms with E-state index in [1.54, 1.807) is 24.3 Å². The Morgan fingerprint density at radius 3 is 2.57 bits per heavy atom. The molecule has 2 aromatic carbocycles. The Bertz CT molecular complexity index is 888. The van der Waals surface area contributed by atoms with Crippen LogP contribution in [-0.2, 0) is 14.8 Å². The molecule has 150 valence electrons. The summed E-state index contributed by atoms with van der Waals surface area (Å²) >= 11 is 3.31. The van der Waals surface area contributed by atoms with E-state index in [1.807, 2.05) is 30.3 Å². The summed E-state index contributed by atoms with van der Waals surface area (Å²) in [6, 6.07) is 15.9. The van der Waals surface area contributed by atoms with E-state index >= 15 is 0 Å². The van der Waals surface area contributed by atoms with Gasteiger partial charge in [-0.2, -0.15) is 4.31 Å². The molecule has 1 aliphatic heterocycles. The predicted molar refractivity (Wildman–Crippen MR) is 111 cm³/mol. The van der Waals surface area contributed by atoms with Gasteiger partial charge in [0.15, 0.2) is 0 Å². The molecule has 28 heavy (non-hydrogen) atoms. The Morgan fingerprint density at radius 2 is 1.86 bits per heavy atom. The van der Waals surface area contributed by atoms with Gasteiger partial charge in [-0.1, -0.05) is 34.1 Å². The number of piperidine rings is 1. The Morgan fingerprint density at radius 1 is 1.14 bits per heavy atom. The molecule has 0 radical (unpaired) electrons. The zero-order chi connectivity index (χ0) is 20.0. The Labute approximate surface area is 174 Å². The third-order valence-electron chi connectivity index (χ3n) is 4.62. The zero-order valence-corrected chi connectivity index (χ0v) is 17.8. The molecule has 6 nitrogen and oxygen atoms in total. The fourth-order valence-corrected chi connectivity index (χ4v) is 4.92. The molecule has 1 saturated heterocycles. The van der Waals surface area contributed by atoms with Crippen LogP contribution in [0.4, 0.5) is 0 Å². The summed E-state index contributed by atoms with van der Waals surface area (Å²) in [5.74, 6) is 0.268. The van der Waals surface area contributed by atoms with E-state index in [0.29, 0.717) is 32.5 Å². The van der Waals surface area contributed by atoms with Crippen LogP contribution in [-0.4, -0.2) is 44.9 Å². The number of ether oxygens (including phenoxy) is 1. The largest absolute Gasteiger partial charge is 0.492 e. The molecule has 8 heteroatoms. The first-order valence-electron chi connectivity index (χ1n) is 9.18. The first-order valence-corrected chi connectivity index (χ1v) is 11.4. The maximum Gasteiger partial charge on any atom is 0.243 e. The van der Waals surface area contributed by atoms with Gasteiger partial charge in [0, 0.05) is 17.6 Å². The molecule has 1 fully saturated rings. The van der Waals surface area contributed by atoms with E-state index in [-0.39, 0.29) is 23.3 Å². The van der Waals surface area contributed by atoms with Crippen molar-refractivity contribution in [1.29, 1.82) is 0 Å². The molecule has 1 unspecified atom stereocenters. The van der Waals surface area contributed by atoms with Gasteiger partial charge in [-0.05, 0) is 49.2 Å². The van der Waals surface area contributed by atoms with Crippen molar-refractivity contribution in [3.63, 3.8) is 0 Å². The van der Waals surface area contributed by atoms with Crippen LogP contribution in [0.1, 0.15) is 12.8 Å². The van der Waals surface area contributed by atoms with Crippen LogP contribution in [0.3, 0.4) is 0 Å². The van der Waals surface area contributed by atoms with Gasteiger partial charge in [-0.3, -0.25) is 4.79 Å². The molecule has 1 N–H and O–H groups in total. The molecule has 2 aromatic rings. The Kier molecular flexibility index (Phi) is 7.09. The van der Waals surface area contributed by atoms with Crippen molar-refractivity contribution in [2.75, 3.05) is 26.2 Å². The second kappa shape index (κ2) is 9.54. The minimum atomic E-state index is -3.60. The number of para-hydroxylation sites is 1. The number of halogens is 1.